The Kier molecular flexibility index (Phi) is 7.35. The Morgan fingerprint density at radius 1 is 1.48 bits per heavy atom. The SMILES string of the molecule is CSCCC(C)N(C)C(=O)c1cc(C#CCN)ccc1C. The third-order valence-electron chi connectivity index (χ3n) is 3.52. The summed E-state index contributed by atoms with van der Waals surface area (Å²) in [5.41, 5.74) is 7.91. The first-order valence-electron chi connectivity index (χ1n) is 7.07. The first-order chi connectivity index (χ1) is 10.0. The van der Waals surface area contributed by atoms with Crippen LogP contribution in [0.4, 0.5) is 0 Å². The van der Waals surface area contributed by atoms with Crippen LogP contribution in [0.15, 0.2) is 18.2 Å². The van der Waals surface area contributed by atoms with Crippen molar-refractivity contribution in [2.24, 2.45) is 5.73 Å². The Bertz CT molecular complexity index is 545. The van der Waals surface area contributed by atoms with E-state index in [1.165, 1.54) is 0 Å². The number of nitrogens with zero attached hydrogens (tertiary/aromatic N) is 1. The van der Waals surface area contributed by atoms with Gasteiger partial charge in [0.1, 0.15) is 0 Å². The van der Waals surface area contributed by atoms with E-state index in [4.69, 9.17) is 5.73 Å². The molecule has 0 saturated heterocycles. The first kappa shape index (κ1) is 17.6. The van der Waals surface area contributed by atoms with Crippen molar-refractivity contribution in [3.8, 4) is 11.8 Å². The summed E-state index contributed by atoms with van der Waals surface area (Å²) in [4.78, 5) is 14.5. The van der Waals surface area contributed by atoms with Crippen LogP contribution in [-0.4, -0.2) is 42.4 Å². The van der Waals surface area contributed by atoms with Crippen molar-refractivity contribution in [2.75, 3.05) is 25.6 Å². The van der Waals surface area contributed by atoms with Crippen LogP contribution in [0.5, 0.6) is 0 Å². The van der Waals surface area contributed by atoms with Crippen LogP contribution in [0, 0.1) is 18.8 Å². The molecule has 0 bridgehead atoms. The van der Waals surface area contributed by atoms with Gasteiger partial charge in [0.05, 0.1) is 6.54 Å². The van der Waals surface area contributed by atoms with E-state index in [-0.39, 0.29) is 11.9 Å². The highest BCUT2D eigenvalue weighted by molar-refractivity contribution is 7.98. The Hall–Kier alpha value is -1.44. The summed E-state index contributed by atoms with van der Waals surface area (Å²) in [5.74, 6) is 6.91. The maximum Gasteiger partial charge on any atom is 0.254 e. The van der Waals surface area contributed by atoms with Gasteiger partial charge in [0, 0.05) is 24.2 Å². The minimum Gasteiger partial charge on any atom is -0.339 e. The molecule has 0 aliphatic carbocycles. The molecular formula is C17H24N2OS. The molecule has 1 aromatic rings. The molecule has 0 radical (unpaired) electrons. The fourth-order valence-corrected chi connectivity index (χ4v) is 2.53. The molecule has 21 heavy (non-hydrogen) atoms. The predicted molar refractivity (Wildman–Crippen MR) is 91.7 cm³/mol. The second-order valence-electron chi connectivity index (χ2n) is 5.08. The summed E-state index contributed by atoms with van der Waals surface area (Å²) in [6.45, 7) is 4.36. The van der Waals surface area contributed by atoms with Gasteiger partial charge in [-0.3, -0.25) is 4.79 Å². The second-order valence-corrected chi connectivity index (χ2v) is 6.07. The van der Waals surface area contributed by atoms with Gasteiger partial charge >= 0.3 is 0 Å². The van der Waals surface area contributed by atoms with E-state index in [2.05, 4.69) is 25.0 Å². The van der Waals surface area contributed by atoms with E-state index in [1.807, 2.05) is 37.1 Å². The topological polar surface area (TPSA) is 46.3 Å². The molecule has 1 unspecified atom stereocenters. The maximum absolute atomic E-state index is 12.6. The number of thioether (sulfide) groups is 1. The normalized spacial score (nSPS) is 11.5. The third-order valence-corrected chi connectivity index (χ3v) is 4.17. The summed E-state index contributed by atoms with van der Waals surface area (Å²) >= 11 is 1.80. The molecule has 1 atom stereocenters. The molecule has 0 heterocycles. The summed E-state index contributed by atoms with van der Waals surface area (Å²) in [7, 11) is 1.87. The number of carbonyl (C=O) groups is 1. The molecule has 0 fully saturated rings. The van der Waals surface area contributed by atoms with Gasteiger partial charge in [0.25, 0.3) is 5.91 Å². The average molecular weight is 304 g/mol. The van der Waals surface area contributed by atoms with Gasteiger partial charge in [-0.1, -0.05) is 17.9 Å². The monoisotopic (exact) mass is 304 g/mol. The number of carbonyl (C=O) groups excluding carboxylic acids is 1. The first-order valence-corrected chi connectivity index (χ1v) is 8.46. The number of amides is 1. The van der Waals surface area contributed by atoms with Crippen molar-refractivity contribution in [1.29, 1.82) is 0 Å². The number of hydrogen-bond donors (Lipinski definition) is 1. The molecule has 4 heteroatoms. The quantitative estimate of drug-likeness (QED) is 0.850. The van der Waals surface area contributed by atoms with Gasteiger partial charge in [-0.25, -0.2) is 0 Å². The van der Waals surface area contributed by atoms with E-state index >= 15 is 0 Å². The number of hydrogen-bond acceptors (Lipinski definition) is 3. The molecule has 1 aromatic carbocycles. The Morgan fingerprint density at radius 2 is 2.19 bits per heavy atom. The summed E-state index contributed by atoms with van der Waals surface area (Å²) < 4.78 is 0. The maximum atomic E-state index is 12.6. The molecule has 2 N–H and O–H groups in total. The molecule has 1 rings (SSSR count). The fourth-order valence-electron chi connectivity index (χ4n) is 1.96. The number of aryl methyl sites for hydroxylation is 1. The molecule has 3 nitrogen and oxygen atoms in total. The fraction of sp³-hybridized carbons (Fsp3) is 0.471. The lowest BCUT2D eigenvalue weighted by molar-refractivity contribution is 0.0740. The molecule has 0 saturated carbocycles. The Morgan fingerprint density at radius 3 is 2.81 bits per heavy atom. The van der Waals surface area contributed by atoms with Crippen molar-refractivity contribution in [3.63, 3.8) is 0 Å². The van der Waals surface area contributed by atoms with Crippen molar-refractivity contribution in [2.45, 2.75) is 26.3 Å². The Labute approximate surface area is 132 Å². The second kappa shape index (κ2) is 8.76. The van der Waals surface area contributed by atoms with Gasteiger partial charge in [-0.15, -0.1) is 0 Å². The molecule has 0 aliphatic heterocycles. The van der Waals surface area contributed by atoms with E-state index < -0.39 is 0 Å². The Balaban J connectivity index is 2.95. The highest BCUT2D eigenvalue weighted by atomic mass is 32.2. The zero-order valence-corrected chi connectivity index (χ0v) is 14.1. The van der Waals surface area contributed by atoms with Crippen LogP contribution in [0.2, 0.25) is 0 Å². The largest absolute Gasteiger partial charge is 0.339 e. The highest BCUT2D eigenvalue weighted by Gasteiger charge is 2.19. The lowest BCUT2D eigenvalue weighted by Crippen LogP contribution is -2.35. The van der Waals surface area contributed by atoms with Crippen molar-refractivity contribution in [3.05, 3.63) is 34.9 Å². The van der Waals surface area contributed by atoms with E-state index in [0.717, 1.165) is 28.9 Å². The van der Waals surface area contributed by atoms with Crippen LogP contribution in [0.1, 0.15) is 34.8 Å². The lowest BCUT2D eigenvalue weighted by Gasteiger charge is -2.25. The minimum atomic E-state index is 0.0532. The van der Waals surface area contributed by atoms with Gasteiger partial charge in [-0.2, -0.15) is 11.8 Å². The van der Waals surface area contributed by atoms with E-state index in [0.29, 0.717) is 6.54 Å². The van der Waals surface area contributed by atoms with Crippen molar-refractivity contribution < 1.29 is 4.79 Å². The van der Waals surface area contributed by atoms with E-state index in [9.17, 15) is 4.79 Å². The third kappa shape index (κ3) is 5.11. The standard InChI is InChI=1S/C17H24N2OS/c1-13-7-8-15(6-5-10-18)12-16(13)17(20)19(3)14(2)9-11-21-4/h7-8,12,14H,9-11,18H2,1-4H3. The molecule has 0 aliphatic rings. The van der Waals surface area contributed by atoms with Crippen LogP contribution in [-0.2, 0) is 0 Å². The average Bonchev–Trinajstić information content (AvgIpc) is 2.50. The van der Waals surface area contributed by atoms with Crippen molar-refractivity contribution >= 4 is 17.7 Å². The number of nitrogens with two attached hydrogens (primary N) is 1. The molecule has 0 spiro atoms. The van der Waals surface area contributed by atoms with Gasteiger partial charge in [0.2, 0.25) is 0 Å². The molecule has 1 amide bonds. The lowest BCUT2D eigenvalue weighted by atomic mass is 10.0. The smallest absolute Gasteiger partial charge is 0.254 e. The van der Waals surface area contributed by atoms with Gasteiger partial charge in [0.15, 0.2) is 0 Å². The van der Waals surface area contributed by atoms with Crippen LogP contribution < -0.4 is 5.73 Å². The van der Waals surface area contributed by atoms with E-state index in [1.54, 1.807) is 11.8 Å². The van der Waals surface area contributed by atoms with Crippen LogP contribution >= 0.6 is 11.8 Å². The summed E-state index contributed by atoms with van der Waals surface area (Å²) in [6, 6.07) is 5.95. The van der Waals surface area contributed by atoms with Gasteiger partial charge < -0.3 is 10.6 Å². The highest BCUT2D eigenvalue weighted by Crippen LogP contribution is 2.16. The van der Waals surface area contributed by atoms with Gasteiger partial charge in [-0.05, 0) is 50.0 Å². The molecular weight excluding hydrogens is 280 g/mol. The zero-order valence-electron chi connectivity index (χ0n) is 13.3. The molecule has 114 valence electrons. The minimum absolute atomic E-state index is 0.0532. The molecule has 0 aromatic heterocycles. The predicted octanol–water partition coefficient (Wildman–Crippen LogP) is 2.52. The zero-order chi connectivity index (χ0) is 15.8. The summed E-state index contributed by atoms with van der Waals surface area (Å²) in [6.07, 6.45) is 3.08. The van der Waals surface area contributed by atoms with Crippen molar-refractivity contribution in [1.82, 2.24) is 4.90 Å². The summed E-state index contributed by atoms with van der Waals surface area (Å²) in [5, 5.41) is 0. The van der Waals surface area contributed by atoms with Crippen LogP contribution in [0.25, 0.3) is 0 Å². The number of benzene rings is 1. The number of rotatable bonds is 5. The van der Waals surface area contributed by atoms with Crippen LogP contribution in [0.3, 0.4) is 0 Å².